The van der Waals surface area contributed by atoms with Crippen molar-refractivity contribution in [3.05, 3.63) is 27.2 Å². The molecular formula is C14H14BrClN2O2. The molecule has 1 amide bonds. The number of nitrogens with zero attached hydrogens (tertiary/aromatic N) is 2. The van der Waals surface area contributed by atoms with Gasteiger partial charge in [-0.2, -0.15) is 5.10 Å². The second-order valence-corrected chi connectivity index (χ2v) is 6.35. The van der Waals surface area contributed by atoms with E-state index >= 15 is 0 Å². The highest BCUT2D eigenvalue weighted by Gasteiger charge is 2.40. The maximum absolute atomic E-state index is 12.5. The van der Waals surface area contributed by atoms with Crippen molar-refractivity contribution in [2.75, 3.05) is 0 Å². The summed E-state index contributed by atoms with van der Waals surface area (Å²) in [5.41, 5.74) is 1.86. The van der Waals surface area contributed by atoms with E-state index in [1.54, 1.807) is 11.1 Å². The third-order valence-corrected chi connectivity index (χ3v) is 4.40. The van der Waals surface area contributed by atoms with Crippen LogP contribution in [0.4, 0.5) is 0 Å². The minimum atomic E-state index is -0.508. The Balaban J connectivity index is 2.17. The average Bonchev–Trinajstić information content (AvgIpc) is 2.74. The van der Waals surface area contributed by atoms with Crippen molar-refractivity contribution in [1.29, 1.82) is 0 Å². The van der Waals surface area contributed by atoms with Crippen LogP contribution in [0.5, 0.6) is 5.75 Å². The molecule has 3 rings (SSSR count). The Labute approximate surface area is 130 Å². The van der Waals surface area contributed by atoms with Crippen molar-refractivity contribution in [3.8, 4) is 5.75 Å². The molecule has 0 aromatic heterocycles. The SMILES string of the molecule is CC[C@@H]1Oc2c(Br)cc(Cl)cc2C2CC(C)=NN2C1=O. The molecule has 0 radical (unpaired) electrons. The Morgan fingerprint density at radius 1 is 1.55 bits per heavy atom. The lowest BCUT2D eigenvalue weighted by Crippen LogP contribution is -2.36. The first-order chi connectivity index (χ1) is 9.51. The number of benzene rings is 1. The van der Waals surface area contributed by atoms with Gasteiger partial charge in [-0.25, -0.2) is 5.01 Å². The van der Waals surface area contributed by atoms with Crippen molar-refractivity contribution in [1.82, 2.24) is 5.01 Å². The van der Waals surface area contributed by atoms with Gasteiger partial charge in [-0.05, 0) is 41.4 Å². The molecule has 2 aliphatic heterocycles. The largest absolute Gasteiger partial charge is 0.479 e. The van der Waals surface area contributed by atoms with Gasteiger partial charge < -0.3 is 4.74 Å². The zero-order valence-corrected chi connectivity index (χ0v) is 13.5. The number of halogens is 2. The van der Waals surface area contributed by atoms with Gasteiger partial charge in [0.25, 0.3) is 5.91 Å². The summed E-state index contributed by atoms with van der Waals surface area (Å²) < 4.78 is 6.69. The number of carbonyl (C=O) groups is 1. The summed E-state index contributed by atoms with van der Waals surface area (Å²) in [7, 11) is 0. The van der Waals surface area contributed by atoms with E-state index in [2.05, 4.69) is 21.0 Å². The van der Waals surface area contributed by atoms with Crippen LogP contribution in [0.2, 0.25) is 5.02 Å². The summed E-state index contributed by atoms with van der Waals surface area (Å²) >= 11 is 9.62. The van der Waals surface area contributed by atoms with E-state index in [9.17, 15) is 4.79 Å². The van der Waals surface area contributed by atoms with Crippen LogP contribution in [0.1, 0.15) is 38.3 Å². The van der Waals surface area contributed by atoms with Gasteiger partial charge >= 0.3 is 0 Å². The monoisotopic (exact) mass is 356 g/mol. The van der Waals surface area contributed by atoms with Crippen molar-refractivity contribution < 1.29 is 9.53 Å². The Morgan fingerprint density at radius 2 is 2.30 bits per heavy atom. The first-order valence-electron chi connectivity index (χ1n) is 6.54. The fourth-order valence-electron chi connectivity index (χ4n) is 2.66. The molecule has 6 heteroatoms. The van der Waals surface area contributed by atoms with E-state index < -0.39 is 6.10 Å². The number of amides is 1. The average molecular weight is 358 g/mol. The molecule has 20 heavy (non-hydrogen) atoms. The van der Waals surface area contributed by atoms with Gasteiger partial charge in [-0.1, -0.05) is 18.5 Å². The van der Waals surface area contributed by atoms with Gasteiger partial charge in [-0.3, -0.25) is 4.79 Å². The molecule has 1 aromatic carbocycles. The second kappa shape index (κ2) is 5.04. The van der Waals surface area contributed by atoms with Crippen molar-refractivity contribution >= 4 is 39.1 Å². The van der Waals surface area contributed by atoms with Crippen molar-refractivity contribution in [2.45, 2.75) is 38.8 Å². The molecule has 1 unspecified atom stereocenters. The van der Waals surface area contributed by atoms with Gasteiger partial charge in [0.1, 0.15) is 5.75 Å². The highest BCUT2D eigenvalue weighted by atomic mass is 79.9. The molecular weight excluding hydrogens is 344 g/mol. The topological polar surface area (TPSA) is 41.9 Å². The molecule has 0 saturated carbocycles. The maximum Gasteiger partial charge on any atom is 0.284 e. The molecule has 2 atom stereocenters. The Hall–Kier alpha value is -1.07. The zero-order valence-electron chi connectivity index (χ0n) is 11.2. The molecule has 2 aliphatic rings. The van der Waals surface area contributed by atoms with E-state index in [1.807, 2.05) is 19.9 Å². The third-order valence-electron chi connectivity index (χ3n) is 3.59. The molecule has 0 N–H and O–H groups in total. The fourth-order valence-corrected chi connectivity index (χ4v) is 3.58. The number of ether oxygens (including phenoxy) is 1. The number of fused-ring (bicyclic) bond motifs is 3. The van der Waals surface area contributed by atoms with Crippen molar-refractivity contribution in [3.63, 3.8) is 0 Å². The Morgan fingerprint density at radius 3 is 3.00 bits per heavy atom. The van der Waals surface area contributed by atoms with Gasteiger partial charge in [0.15, 0.2) is 6.10 Å². The summed E-state index contributed by atoms with van der Waals surface area (Å²) in [5, 5.41) is 6.54. The van der Waals surface area contributed by atoms with E-state index in [-0.39, 0.29) is 11.9 Å². The van der Waals surface area contributed by atoms with Crippen LogP contribution in [0.25, 0.3) is 0 Å². The van der Waals surface area contributed by atoms with Crippen LogP contribution in [0.15, 0.2) is 21.7 Å². The molecule has 0 bridgehead atoms. The van der Waals surface area contributed by atoms with E-state index in [4.69, 9.17) is 16.3 Å². The lowest BCUT2D eigenvalue weighted by atomic mass is 10.0. The number of rotatable bonds is 1. The summed E-state index contributed by atoms with van der Waals surface area (Å²) in [6.45, 7) is 3.86. The summed E-state index contributed by atoms with van der Waals surface area (Å²) in [6.07, 6.45) is 0.807. The number of hydrogen-bond acceptors (Lipinski definition) is 3. The Kier molecular flexibility index (Phi) is 3.50. The van der Waals surface area contributed by atoms with Crippen LogP contribution in [0, 0.1) is 0 Å². The lowest BCUT2D eigenvalue weighted by molar-refractivity contribution is -0.139. The summed E-state index contributed by atoms with van der Waals surface area (Å²) in [5.74, 6) is 0.612. The minimum absolute atomic E-state index is 0.0893. The van der Waals surface area contributed by atoms with E-state index in [1.165, 1.54) is 0 Å². The standard InChI is InChI=1S/C14H14BrClN2O2/c1-3-12-14(19)18-11(4-7(2)17-18)9-5-8(16)6-10(15)13(9)20-12/h5-6,11-12H,3-4H2,1-2H3/t11?,12-/m0/s1. The molecule has 1 aromatic rings. The van der Waals surface area contributed by atoms with E-state index in [0.29, 0.717) is 23.6 Å². The summed E-state index contributed by atoms with van der Waals surface area (Å²) in [4.78, 5) is 12.5. The minimum Gasteiger partial charge on any atom is -0.479 e. The molecule has 4 nitrogen and oxygen atoms in total. The highest BCUT2D eigenvalue weighted by molar-refractivity contribution is 9.10. The molecule has 0 fully saturated rings. The predicted molar refractivity (Wildman–Crippen MR) is 81.2 cm³/mol. The van der Waals surface area contributed by atoms with Gasteiger partial charge in [-0.15, -0.1) is 0 Å². The van der Waals surface area contributed by atoms with Gasteiger partial charge in [0, 0.05) is 22.7 Å². The summed E-state index contributed by atoms with van der Waals surface area (Å²) in [6, 6.07) is 3.53. The maximum atomic E-state index is 12.5. The molecule has 0 aliphatic carbocycles. The fraction of sp³-hybridized carbons (Fsp3) is 0.429. The number of carbonyl (C=O) groups excluding carboxylic acids is 1. The van der Waals surface area contributed by atoms with Crippen LogP contribution in [-0.2, 0) is 4.79 Å². The number of hydrazone groups is 1. The first kappa shape index (κ1) is 13.9. The highest BCUT2D eigenvalue weighted by Crippen LogP contribution is 2.44. The van der Waals surface area contributed by atoms with Gasteiger partial charge in [0.05, 0.1) is 10.5 Å². The molecule has 0 saturated heterocycles. The van der Waals surface area contributed by atoms with Crippen LogP contribution in [-0.4, -0.2) is 22.7 Å². The van der Waals surface area contributed by atoms with Gasteiger partial charge in [0.2, 0.25) is 0 Å². The number of hydrogen-bond donors (Lipinski definition) is 0. The Bertz CT molecular complexity index is 617. The first-order valence-corrected chi connectivity index (χ1v) is 7.71. The van der Waals surface area contributed by atoms with Crippen LogP contribution >= 0.6 is 27.5 Å². The second-order valence-electron chi connectivity index (χ2n) is 5.06. The third kappa shape index (κ3) is 2.13. The predicted octanol–water partition coefficient (Wildman–Crippen LogP) is 3.92. The van der Waals surface area contributed by atoms with Crippen LogP contribution in [0.3, 0.4) is 0 Å². The smallest absolute Gasteiger partial charge is 0.284 e. The lowest BCUT2D eigenvalue weighted by Gasteiger charge is -2.20. The molecule has 2 heterocycles. The molecule has 0 spiro atoms. The van der Waals surface area contributed by atoms with Crippen LogP contribution < -0.4 is 4.74 Å². The quantitative estimate of drug-likeness (QED) is 0.764. The van der Waals surface area contributed by atoms with Crippen molar-refractivity contribution in [2.24, 2.45) is 5.10 Å². The normalized spacial score (nSPS) is 24.7. The molecule has 106 valence electrons. The van der Waals surface area contributed by atoms with E-state index in [0.717, 1.165) is 15.7 Å². The zero-order chi connectivity index (χ0) is 14.4.